The third-order valence-corrected chi connectivity index (χ3v) is 3.99. The summed E-state index contributed by atoms with van der Waals surface area (Å²) in [5, 5.41) is 10.5. The second-order valence-electron chi connectivity index (χ2n) is 4.34. The van der Waals surface area contributed by atoms with Crippen LogP contribution in [0.3, 0.4) is 0 Å². The normalized spacial score (nSPS) is 10.4. The summed E-state index contributed by atoms with van der Waals surface area (Å²) in [5.74, 6) is 1.83. The van der Waals surface area contributed by atoms with Gasteiger partial charge in [-0.1, -0.05) is 36.4 Å². The fourth-order valence-corrected chi connectivity index (χ4v) is 2.84. The molecule has 0 aliphatic carbocycles. The van der Waals surface area contributed by atoms with Gasteiger partial charge < -0.3 is 0 Å². The number of nitrogens with zero attached hydrogens (tertiary/aromatic N) is 1. The lowest BCUT2D eigenvalue weighted by atomic mass is 10.1. The maximum absolute atomic E-state index is 10.5. The Morgan fingerprint density at radius 2 is 1.74 bits per heavy atom. The Kier molecular flexibility index (Phi) is 4.58. The molecule has 2 rings (SSSR count). The third-order valence-electron chi connectivity index (χ3n) is 2.93. The van der Waals surface area contributed by atoms with E-state index in [0.29, 0.717) is 0 Å². The van der Waals surface area contributed by atoms with Crippen molar-refractivity contribution in [3.63, 3.8) is 0 Å². The summed E-state index contributed by atoms with van der Waals surface area (Å²) in [6, 6.07) is 15.1. The van der Waals surface area contributed by atoms with Crippen LogP contribution in [0.5, 0.6) is 0 Å². The van der Waals surface area contributed by atoms with Crippen molar-refractivity contribution in [2.24, 2.45) is 0 Å². The molecule has 0 spiro atoms. The highest BCUT2D eigenvalue weighted by molar-refractivity contribution is 7.97. The van der Waals surface area contributed by atoms with E-state index in [0.717, 1.165) is 17.1 Å². The molecule has 0 radical (unpaired) electrons. The summed E-state index contributed by atoms with van der Waals surface area (Å²) in [6.07, 6.45) is 0. The molecular weight excluding hydrogens is 258 g/mol. The molecule has 19 heavy (non-hydrogen) atoms. The van der Waals surface area contributed by atoms with Gasteiger partial charge in [0.1, 0.15) is 0 Å². The first kappa shape index (κ1) is 13.6. The topological polar surface area (TPSA) is 43.1 Å². The van der Waals surface area contributed by atoms with E-state index in [1.807, 2.05) is 30.0 Å². The quantitative estimate of drug-likeness (QED) is 0.601. The standard InChI is InChI=1S/C15H15NO2S/c1-12-4-2-3-5-14(12)11-19-10-13-6-8-15(9-7-13)16(17)18/h2-9H,10-11H2,1H3. The molecule has 0 heterocycles. The minimum atomic E-state index is -0.371. The minimum Gasteiger partial charge on any atom is -0.258 e. The molecule has 0 aliphatic rings. The summed E-state index contributed by atoms with van der Waals surface area (Å²) >= 11 is 1.82. The lowest BCUT2D eigenvalue weighted by molar-refractivity contribution is -0.384. The van der Waals surface area contributed by atoms with E-state index in [1.54, 1.807) is 12.1 Å². The zero-order valence-corrected chi connectivity index (χ0v) is 11.5. The van der Waals surface area contributed by atoms with Gasteiger partial charge in [0.05, 0.1) is 4.92 Å². The molecule has 3 nitrogen and oxygen atoms in total. The molecule has 98 valence electrons. The molecule has 0 unspecified atom stereocenters. The van der Waals surface area contributed by atoms with E-state index in [-0.39, 0.29) is 10.6 Å². The van der Waals surface area contributed by atoms with E-state index in [2.05, 4.69) is 25.1 Å². The van der Waals surface area contributed by atoms with Gasteiger partial charge in [0.2, 0.25) is 0 Å². The Labute approximate surface area is 116 Å². The van der Waals surface area contributed by atoms with Gasteiger partial charge in [0.25, 0.3) is 5.69 Å². The van der Waals surface area contributed by atoms with Gasteiger partial charge in [-0.05, 0) is 23.6 Å². The van der Waals surface area contributed by atoms with Crippen LogP contribution < -0.4 is 0 Å². The summed E-state index contributed by atoms with van der Waals surface area (Å²) in [6.45, 7) is 2.11. The predicted molar refractivity (Wildman–Crippen MR) is 79.3 cm³/mol. The lowest BCUT2D eigenvalue weighted by Crippen LogP contribution is -1.89. The van der Waals surface area contributed by atoms with Gasteiger partial charge in [-0.2, -0.15) is 11.8 Å². The van der Waals surface area contributed by atoms with E-state index >= 15 is 0 Å². The number of thioether (sulfide) groups is 1. The van der Waals surface area contributed by atoms with Crippen molar-refractivity contribution in [1.82, 2.24) is 0 Å². The highest BCUT2D eigenvalue weighted by Gasteiger charge is 2.04. The van der Waals surface area contributed by atoms with Crippen LogP contribution in [0.25, 0.3) is 0 Å². The second kappa shape index (κ2) is 6.38. The molecule has 0 aromatic heterocycles. The number of hydrogen-bond donors (Lipinski definition) is 0. The molecule has 0 bridgehead atoms. The fraction of sp³-hybridized carbons (Fsp3) is 0.200. The van der Waals surface area contributed by atoms with Crippen molar-refractivity contribution < 1.29 is 4.92 Å². The molecule has 2 aromatic rings. The monoisotopic (exact) mass is 273 g/mol. The average Bonchev–Trinajstić information content (AvgIpc) is 2.41. The smallest absolute Gasteiger partial charge is 0.258 e. The van der Waals surface area contributed by atoms with Crippen LogP contribution >= 0.6 is 11.8 Å². The van der Waals surface area contributed by atoms with Crippen LogP contribution in [-0.4, -0.2) is 4.92 Å². The van der Waals surface area contributed by atoms with Crippen LogP contribution in [0.1, 0.15) is 16.7 Å². The average molecular weight is 273 g/mol. The largest absolute Gasteiger partial charge is 0.269 e. The molecule has 0 N–H and O–H groups in total. The number of benzene rings is 2. The zero-order chi connectivity index (χ0) is 13.7. The molecule has 0 atom stereocenters. The first-order chi connectivity index (χ1) is 9.16. The highest BCUT2D eigenvalue weighted by Crippen LogP contribution is 2.21. The lowest BCUT2D eigenvalue weighted by Gasteiger charge is -2.05. The summed E-state index contributed by atoms with van der Waals surface area (Å²) < 4.78 is 0. The molecular formula is C15H15NO2S. The van der Waals surface area contributed by atoms with Gasteiger partial charge >= 0.3 is 0 Å². The van der Waals surface area contributed by atoms with Gasteiger partial charge in [-0.25, -0.2) is 0 Å². The Hall–Kier alpha value is -1.81. The first-order valence-corrected chi connectivity index (χ1v) is 7.18. The molecule has 0 amide bonds. The number of non-ortho nitro benzene ring substituents is 1. The molecule has 0 aliphatic heterocycles. The van der Waals surface area contributed by atoms with Crippen molar-refractivity contribution in [3.8, 4) is 0 Å². The Morgan fingerprint density at radius 3 is 2.37 bits per heavy atom. The van der Waals surface area contributed by atoms with E-state index < -0.39 is 0 Å². The van der Waals surface area contributed by atoms with Crippen molar-refractivity contribution in [2.45, 2.75) is 18.4 Å². The van der Waals surface area contributed by atoms with Gasteiger partial charge in [0, 0.05) is 23.6 Å². The van der Waals surface area contributed by atoms with Crippen molar-refractivity contribution in [3.05, 3.63) is 75.3 Å². The van der Waals surface area contributed by atoms with Crippen LogP contribution in [0.4, 0.5) is 5.69 Å². The minimum absolute atomic E-state index is 0.146. The van der Waals surface area contributed by atoms with Crippen molar-refractivity contribution >= 4 is 17.4 Å². The molecule has 4 heteroatoms. The zero-order valence-electron chi connectivity index (χ0n) is 10.7. The number of nitro benzene ring substituents is 1. The van der Waals surface area contributed by atoms with Crippen LogP contribution in [0, 0.1) is 17.0 Å². The van der Waals surface area contributed by atoms with Crippen LogP contribution in [0.15, 0.2) is 48.5 Å². The van der Waals surface area contributed by atoms with Gasteiger partial charge in [-0.15, -0.1) is 0 Å². The molecule has 2 aromatic carbocycles. The highest BCUT2D eigenvalue weighted by atomic mass is 32.2. The number of aryl methyl sites for hydroxylation is 1. The summed E-state index contributed by atoms with van der Waals surface area (Å²) in [5.41, 5.74) is 3.91. The van der Waals surface area contributed by atoms with E-state index in [9.17, 15) is 10.1 Å². The maximum Gasteiger partial charge on any atom is 0.269 e. The van der Waals surface area contributed by atoms with Crippen LogP contribution in [-0.2, 0) is 11.5 Å². The third kappa shape index (κ3) is 3.83. The Balaban J connectivity index is 1.89. The van der Waals surface area contributed by atoms with Crippen LogP contribution in [0.2, 0.25) is 0 Å². The fourth-order valence-electron chi connectivity index (χ4n) is 1.76. The number of rotatable bonds is 5. The number of hydrogen-bond acceptors (Lipinski definition) is 3. The van der Waals surface area contributed by atoms with E-state index in [1.165, 1.54) is 11.1 Å². The maximum atomic E-state index is 10.5. The van der Waals surface area contributed by atoms with Crippen molar-refractivity contribution in [2.75, 3.05) is 0 Å². The number of nitro groups is 1. The molecule has 0 saturated heterocycles. The Bertz CT molecular complexity index is 567. The Morgan fingerprint density at radius 1 is 1.05 bits per heavy atom. The second-order valence-corrected chi connectivity index (χ2v) is 5.33. The SMILES string of the molecule is Cc1ccccc1CSCc1ccc([N+](=O)[O-])cc1. The van der Waals surface area contributed by atoms with Crippen molar-refractivity contribution in [1.29, 1.82) is 0 Å². The van der Waals surface area contributed by atoms with Gasteiger partial charge in [-0.3, -0.25) is 10.1 Å². The summed E-state index contributed by atoms with van der Waals surface area (Å²) in [4.78, 5) is 10.2. The molecule has 0 saturated carbocycles. The summed E-state index contributed by atoms with van der Waals surface area (Å²) in [7, 11) is 0. The first-order valence-electron chi connectivity index (χ1n) is 6.02. The van der Waals surface area contributed by atoms with E-state index in [4.69, 9.17) is 0 Å². The van der Waals surface area contributed by atoms with Gasteiger partial charge in [0.15, 0.2) is 0 Å². The molecule has 0 fully saturated rings. The predicted octanol–water partition coefficient (Wildman–Crippen LogP) is 4.34.